The van der Waals surface area contributed by atoms with E-state index >= 15 is 4.39 Å². The molecule has 1 amide bonds. The van der Waals surface area contributed by atoms with Gasteiger partial charge in [-0.3, -0.25) is 4.79 Å². The number of hydrogen-bond donors (Lipinski definition) is 0. The summed E-state index contributed by atoms with van der Waals surface area (Å²) in [5.41, 5.74) is 0.799. The van der Waals surface area contributed by atoms with Crippen LogP contribution in [0.15, 0.2) is 47.7 Å². The molecule has 4 aromatic rings. The van der Waals surface area contributed by atoms with Crippen molar-refractivity contribution in [3.63, 3.8) is 0 Å². The summed E-state index contributed by atoms with van der Waals surface area (Å²) in [5, 5.41) is 0.432. The highest BCUT2D eigenvalue weighted by atomic mass is 19.1. The molecule has 0 spiro atoms. The third kappa shape index (κ3) is 4.66. The van der Waals surface area contributed by atoms with Crippen LogP contribution in [-0.4, -0.2) is 42.6 Å². The Labute approximate surface area is 219 Å². The van der Waals surface area contributed by atoms with Crippen molar-refractivity contribution in [2.75, 3.05) is 0 Å². The number of carbonyl (C=O) groups is 1. The maximum absolute atomic E-state index is 15.4. The van der Waals surface area contributed by atoms with Gasteiger partial charge >= 0.3 is 6.09 Å². The molecule has 38 heavy (non-hydrogen) atoms. The summed E-state index contributed by atoms with van der Waals surface area (Å²) in [6.45, 7) is 11.1. The van der Waals surface area contributed by atoms with Gasteiger partial charge in [0.25, 0.3) is 5.56 Å². The first-order valence-electron chi connectivity index (χ1n) is 12.8. The van der Waals surface area contributed by atoms with Crippen molar-refractivity contribution >= 4 is 22.5 Å². The first-order chi connectivity index (χ1) is 17.8. The third-order valence-electron chi connectivity index (χ3n) is 7.12. The van der Waals surface area contributed by atoms with E-state index in [0.29, 0.717) is 35.0 Å². The second kappa shape index (κ2) is 9.22. The van der Waals surface area contributed by atoms with E-state index in [1.54, 1.807) is 51.5 Å². The topological polar surface area (TPSA) is 68.8 Å². The quantitative estimate of drug-likeness (QED) is 0.312. The van der Waals surface area contributed by atoms with Crippen LogP contribution in [0.2, 0.25) is 0 Å². The summed E-state index contributed by atoms with van der Waals surface area (Å²) in [4.78, 5) is 32.1. The number of piperidine rings is 1. The summed E-state index contributed by atoms with van der Waals surface area (Å²) in [6, 6.07) is 5.49. The van der Waals surface area contributed by atoms with Crippen LogP contribution < -0.4 is 5.56 Å². The van der Waals surface area contributed by atoms with Crippen molar-refractivity contribution in [2.24, 2.45) is 0 Å². The number of hydrogen-bond acceptors (Lipinski definition) is 4. The lowest BCUT2D eigenvalue weighted by atomic mass is 9.92. The molecule has 1 aliphatic heterocycles. The van der Waals surface area contributed by atoms with Gasteiger partial charge in [0, 0.05) is 42.3 Å². The average molecular weight is 523 g/mol. The van der Waals surface area contributed by atoms with Gasteiger partial charge in [0.15, 0.2) is 11.5 Å². The highest BCUT2D eigenvalue weighted by Crippen LogP contribution is 2.33. The van der Waals surface area contributed by atoms with Gasteiger partial charge < -0.3 is 18.6 Å². The third-order valence-corrected chi connectivity index (χ3v) is 7.12. The molecule has 3 atom stereocenters. The molecule has 4 heterocycles. The molecular weight excluding hydrogens is 490 g/mol. The molecule has 0 saturated carbocycles. The van der Waals surface area contributed by atoms with Gasteiger partial charge in [-0.2, -0.15) is 0 Å². The number of likely N-dealkylation sites (tertiary alicyclic amines) is 1. The summed E-state index contributed by atoms with van der Waals surface area (Å²) >= 11 is 0. The summed E-state index contributed by atoms with van der Waals surface area (Å²) < 4.78 is 38.8. The molecule has 0 aliphatic carbocycles. The number of ether oxygens (including phenoxy) is 1. The second-order valence-corrected chi connectivity index (χ2v) is 11.4. The lowest BCUT2D eigenvalue weighted by Crippen LogP contribution is -2.52. The predicted octanol–water partition coefficient (Wildman–Crippen LogP) is 6.25. The maximum atomic E-state index is 15.4. The van der Waals surface area contributed by atoms with Crippen LogP contribution in [0.1, 0.15) is 59.2 Å². The first-order valence-corrected chi connectivity index (χ1v) is 12.8. The predicted molar refractivity (Wildman–Crippen MR) is 142 cm³/mol. The largest absolute Gasteiger partial charge is 0.444 e. The van der Waals surface area contributed by atoms with Crippen LogP contribution in [0.25, 0.3) is 27.5 Å². The number of amides is 1. The van der Waals surface area contributed by atoms with E-state index in [4.69, 9.17) is 4.74 Å². The summed E-state index contributed by atoms with van der Waals surface area (Å²) in [5.74, 6) is -1.17. The molecule has 200 valence electrons. The number of pyridine rings is 2. The highest BCUT2D eigenvalue weighted by molar-refractivity contribution is 5.87. The van der Waals surface area contributed by atoms with Crippen molar-refractivity contribution in [2.45, 2.75) is 78.1 Å². The van der Waals surface area contributed by atoms with Crippen molar-refractivity contribution in [3.05, 3.63) is 70.5 Å². The van der Waals surface area contributed by atoms with Gasteiger partial charge in [0.2, 0.25) is 0 Å². The van der Waals surface area contributed by atoms with E-state index in [1.807, 2.05) is 34.6 Å². The minimum Gasteiger partial charge on any atom is -0.444 e. The van der Waals surface area contributed by atoms with Crippen LogP contribution in [-0.2, 0) is 4.74 Å². The fraction of sp³-hybridized carbons (Fsp3) is 0.414. The number of nitrogens with zero attached hydrogens (tertiary/aromatic N) is 4. The molecule has 9 heteroatoms. The second-order valence-electron chi connectivity index (χ2n) is 11.4. The molecule has 1 saturated heterocycles. The Morgan fingerprint density at radius 1 is 1.03 bits per heavy atom. The van der Waals surface area contributed by atoms with Crippen LogP contribution in [0.3, 0.4) is 0 Å². The van der Waals surface area contributed by atoms with Crippen LogP contribution >= 0.6 is 0 Å². The van der Waals surface area contributed by atoms with Gasteiger partial charge in [0.05, 0.1) is 11.1 Å². The van der Waals surface area contributed by atoms with Crippen molar-refractivity contribution < 1.29 is 18.3 Å². The number of fused-ring (bicyclic) bond motifs is 2. The Balaban J connectivity index is 1.47. The maximum Gasteiger partial charge on any atom is 0.410 e. The fourth-order valence-electron chi connectivity index (χ4n) is 5.58. The lowest BCUT2D eigenvalue weighted by Gasteiger charge is -2.43. The molecule has 0 bridgehead atoms. The Bertz CT molecular complexity index is 1610. The number of carbonyl (C=O) groups excluding carboxylic acids is 1. The molecule has 0 unspecified atom stereocenters. The molecule has 1 fully saturated rings. The molecule has 7 nitrogen and oxygen atoms in total. The Morgan fingerprint density at radius 2 is 1.68 bits per heavy atom. The molecule has 5 rings (SSSR count). The molecular formula is C29H32F2N4O3. The van der Waals surface area contributed by atoms with Crippen LogP contribution in [0.5, 0.6) is 0 Å². The van der Waals surface area contributed by atoms with Crippen molar-refractivity contribution in [1.29, 1.82) is 0 Å². The van der Waals surface area contributed by atoms with E-state index in [2.05, 4.69) is 4.98 Å². The molecule has 1 aliphatic rings. The number of imidazole rings is 1. The van der Waals surface area contributed by atoms with E-state index < -0.39 is 22.8 Å². The standard InChI is InChI=1S/C29H32F2N4O3/c1-16-14-33-15-21(13-24(31)26(33)32-16)20-11-19-7-8-34(27(36)25(19)23(30)12-20)22-9-17(2)35(18(3)10-22)28(37)38-29(4,5)6/h7-8,11-15,17-18,22H,9-10H2,1-6H3/t17-,18+,22-. The Kier molecular flexibility index (Phi) is 6.28. The number of halogens is 2. The summed E-state index contributed by atoms with van der Waals surface area (Å²) in [7, 11) is 0. The molecule has 0 radical (unpaired) electrons. The fourth-order valence-corrected chi connectivity index (χ4v) is 5.58. The smallest absolute Gasteiger partial charge is 0.410 e. The van der Waals surface area contributed by atoms with Gasteiger partial charge in [-0.15, -0.1) is 0 Å². The van der Waals surface area contributed by atoms with Crippen molar-refractivity contribution in [3.8, 4) is 11.1 Å². The number of benzene rings is 1. The SMILES string of the molecule is Cc1cn2cc(-c3cc(F)c4c(=O)n([C@@H]5C[C@@H](C)N(C(=O)OC(C)(C)C)[C@@H](C)C5)ccc4c3)cc(F)c2n1. The lowest BCUT2D eigenvalue weighted by molar-refractivity contribution is -0.00633. The first kappa shape index (κ1) is 25.9. The van der Waals surface area contributed by atoms with E-state index in [1.165, 1.54) is 12.1 Å². The molecule has 0 N–H and O–H groups in total. The van der Waals surface area contributed by atoms with Gasteiger partial charge in [0.1, 0.15) is 11.4 Å². The summed E-state index contributed by atoms with van der Waals surface area (Å²) in [6.07, 6.45) is 5.79. The van der Waals surface area contributed by atoms with Crippen LogP contribution in [0.4, 0.5) is 13.6 Å². The monoisotopic (exact) mass is 522 g/mol. The van der Waals surface area contributed by atoms with Gasteiger partial charge in [-0.25, -0.2) is 18.6 Å². The van der Waals surface area contributed by atoms with E-state index in [0.717, 1.165) is 0 Å². The number of aromatic nitrogens is 3. The van der Waals surface area contributed by atoms with Crippen molar-refractivity contribution in [1.82, 2.24) is 18.9 Å². The minimum atomic E-state index is -0.661. The van der Waals surface area contributed by atoms with Gasteiger partial charge in [-0.1, -0.05) is 0 Å². The minimum absolute atomic E-state index is 0.00819. The average Bonchev–Trinajstić information content (AvgIpc) is 3.18. The normalized spacial score (nSPS) is 20.3. The Hall–Kier alpha value is -3.75. The van der Waals surface area contributed by atoms with E-state index in [-0.39, 0.29) is 35.3 Å². The zero-order chi connectivity index (χ0) is 27.5. The van der Waals surface area contributed by atoms with Gasteiger partial charge in [-0.05, 0) is 89.6 Å². The van der Waals surface area contributed by atoms with E-state index in [9.17, 15) is 14.0 Å². The highest BCUT2D eigenvalue weighted by Gasteiger charge is 2.37. The van der Waals surface area contributed by atoms with Crippen LogP contribution in [0, 0.1) is 18.6 Å². The number of aryl methyl sites for hydroxylation is 1. The Morgan fingerprint density at radius 3 is 2.34 bits per heavy atom. The number of rotatable bonds is 2. The molecule has 1 aromatic carbocycles. The molecule has 3 aromatic heterocycles. The zero-order valence-electron chi connectivity index (χ0n) is 22.5. The zero-order valence-corrected chi connectivity index (χ0v) is 22.5.